The second-order valence-corrected chi connectivity index (χ2v) is 5.77. The number of nitrogens with zero attached hydrogens (tertiary/aromatic N) is 1. The van der Waals surface area contributed by atoms with E-state index in [1.165, 1.54) is 41.3 Å². The standard InChI is InChI=1S/C18H15FN2O3/c1-10(2)21-17(23)12-8-7-11(9-14(12)18(21)24)20-16(22)13-5-3-4-6-15(13)19/h3-10H,1-2H3,(H,20,22). The van der Waals surface area contributed by atoms with E-state index in [1.54, 1.807) is 19.9 Å². The smallest absolute Gasteiger partial charge is 0.261 e. The second-order valence-electron chi connectivity index (χ2n) is 5.77. The molecule has 0 atom stereocenters. The van der Waals surface area contributed by atoms with Crippen LogP contribution in [-0.2, 0) is 0 Å². The van der Waals surface area contributed by atoms with Crippen LogP contribution >= 0.6 is 0 Å². The van der Waals surface area contributed by atoms with E-state index in [0.717, 1.165) is 0 Å². The van der Waals surface area contributed by atoms with Crippen LogP contribution in [0.4, 0.5) is 10.1 Å². The highest BCUT2D eigenvalue weighted by atomic mass is 19.1. The van der Waals surface area contributed by atoms with Gasteiger partial charge < -0.3 is 5.32 Å². The number of halogens is 1. The highest BCUT2D eigenvalue weighted by molar-refractivity contribution is 6.22. The lowest BCUT2D eigenvalue weighted by Crippen LogP contribution is -2.35. The number of hydrogen-bond donors (Lipinski definition) is 1. The summed E-state index contributed by atoms with van der Waals surface area (Å²) in [5.41, 5.74) is 0.774. The van der Waals surface area contributed by atoms with Gasteiger partial charge in [0.05, 0.1) is 16.7 Å². The average molecular weight is 326 g/mol. The normalized spacial score (nSPS) is 13.4. The minimum Gasteiger partial charge on any atom is -0.322 e. The van der Waals surface area contributed by atoms with E-state index in [0.29, 0.717) is 11.3 Å². The Bertz CT molecular complexity index is 861. The summed E-state index contributed by atoms with van der Waals surface area (Å²) in [7, 11) is 0. The summed E-state index contributed by atoms with van der Waals surface area (Å²) in [6, 6.07) is 9.82. The monoisotopic (exact) mass is 326 g/mol. The first-order valence-electron chi connectivity index (χ1n) is 7.48. The van der Waals surface area contributed by atoms with Crippen LogP contribution in [0, 0.1) is 5.82 Å². The van der Waals surface area contributed by atoms with Gasteiger partial charge >= 0.3 is 0 Å². The van der Waals surface area contributed by atoms with Crippen LogP contribution < -0.4 is 5.32 Å². The van der Waals surface area contributed by atoms with E-state index >= 15 is 0 Å². The van der Waals surface area contributed by atoms with Gasteiger partial charge in [-0.05, 0) is 44.2 Å². The van der Waals surface area contributed by atoms with Gasteiger partial charge in [-0.1, -0.05) is 12.1 Å². The number of nitrogens with one attached hydrogen (secondary N) is 1. The fourth-order valence-electron chi connectivity index (χ4n) is 2.65. The molecule has 24 heavy (non-hydrogen) atoms. The zero-order valence-corrected chi connectivity index (χ0v) is 13.2. The maximum Gasteiger partial charge on any atom is 0.261 e. The van der Waals surface area contributed by atoms with E-state index in [-0.39, 0.29) is 23.1 Å². The third kappa shape index (κ3) is 2.56. The fraction of sp³-hybridized carbons (Fsp3) is 0.167. The highest BCUT2D eigenvalue weighted by Gasteiger charge is 2.37. The van der Waals surface area contributed by atoms with Crippen molar-refractivity contribution in [1.29, 1.82) is 0 Å². The van der Waals surface area contributed by atoms with Gasteiger partial charge in [-0.25, -0.2) is 4.39 Å². The largest absolute Gasteiger partial charge is 0.322 e. The Morgan fingerprint density at radius 3 is 2.38 bits per heavy atom. The summed E-state index contributed by atoms with van der Waals surface area (Å²) in [6.45, 7) is 3.51. The molecule has 0 fully saturated rings. The van der Waals surface area contributed by atoms with Gasteiger partial charge in [0.2, 0.25) is 0 Å². The Kier molecular flexibility index (Phi) is 3.89. The van der Waals surface area contributed by atoms with Crippen molar-refractivity contribution in [3.63, 3.8) is 0 Å². The molecule has 6 heteroatoms. The van der Waals surface area contributed by atoms with Crippen molar-refractivity contribution in [2.75, 3.05) is 5.32 Å². The van der Waals surface area contributed by atoms with E-state index in [2.05, 4.69) is 5.32 Å². The quantitative estimate of drug-likeness (QED) is 0.882. The molecule has 5 nitrogen and oxygen atoms in total. The van der Waals surface area contributed by atoms with Crippen LogP contribution in [0.1, 0.15) is 44.9 Å². The summed E-state index contributed by atoms with van der Waals surface area (Å²) in [5, 5.41) is 2.55. The molecule has 1 aliphatic rings. The highest BCUT2D eigenvalue weighted by Crippen LogP contribution is 2.27. The van der Waals surface area contributed by atoms with Crippen molar-refractivity contribution in [2.45, 2.75) is 19.9 Å². The Labute approximate surface area is 138 Å². The lowest BCUT2D eigenvalue weighted by Gasteiger charge is -2.17. The second kappa shape index (κ2) is 5.88. The summed E-state index contributed by atoms with van der Waals surface area (Å²) in [4.78, 5) is 37.9. The first kappa shape index (κ1) is 15.9. The first-order valence-corrected chi connectivity index (χ1v) is 7.48. The Balaban J connectivity index is 1.89. The predicted molar refractivity (Wildman–Crippen MR) is 86.4 cm³/mol. The van der Waals surface area contributed by atoms with Crippen LogP contribution in [0.5, 0.6) is 0 Å². The minimum absolute atomic E-state index is 0.0933. The Morgan fingerprint density at radius 2 is 1.71 bits per heavy atom. The number of fused-ring (bicyclic) bond motifs is 1. The zero-order valence-electron chi connectivity index (χ0n) is 13.2. The molecule has 2 aromatic rings. The molecule has 3 rings (SSSR count). The molecule has 0 bridgehead atoms. The fourth-order valence-corrected chi connectivity index (χ4v) is 2.65. The zero-order chi connectivity index (χ0) is 17.4. The summed E-state index contributed by atoms with van der Waals surface area (Å²) < 4.78 is 13.6. The van der Waals surface area contributed by atoms with Gasteiger partial charge in [0.25, 0.3) is 17.7 Å². The number of imide groups is 1. The molecule has 1 heterocycles. The maximum absolute atomic E-state index is 13.6. The molecule has 3 amide bonds. The Morgan fingerprint density at radius 1 is 1.04 bits per heavy atom. The van der Waals surface area contributed by atoms with Crippen LogP contribution in [0.25, 0.3) is 0 Å². The van der Waals surface area contributed by atoms with E-state index in [4.69, 9.17) is 0 Å². The van der Waals surface area contributed by atoms with E-state index in [1.807, 2.05) is 0 Å². The van der Waals surface area contributed by atoms with Crippen molar-refractivity contribution in [3.8, 4) is 0 Å². The minimum atomic E-state index is -0.631. The van der Waals surface area contributed by atoms with Crippen molar-refractivity contribution in [1.82, 2.24) is 4.90 Å². The molecule has 122 valence electrons. The van der Waals surface area contributed by atoms with Crippen molar-refractivity contribution in [3.05, 3.63) is 65.0 Å². The van der Waals surface area contributed by atoms with Crippen LogP contribution in [-0.4, -0.2) is 28.7 Å². The third-order valence-electron chi connectivity index (χ3n) is 3.81. The molecule has 0 saturated heterocycles. The summed E-state index contributed by atoms with van der Waals surface area (Å²) >= 11 is 0. The lowest BCUT2D eigenvalue weighted by atomic mass is 10.1. The number of hydrogen-bond acceptors (Lipinski definition) is 3. The molecule has 2 aromatic carbocycles. The van der Waals surface area contributed by atoms with Gasteiger partial charge in [-0.15, -0.1) is 0 Å². The number of rotatable bonds is 3. The van der Waals surface area contributed by atoms with Gasteiger partial charge in [0.1, 0.15) is 5.82 Å². The molecule has 0 spiro atoms. The third-order valence-corrected chi connectivity index (χ3v) is 3.81. The summed E-state index contributed by atoms with van der Waals surface area (Å²) in [6.07, 6.45) is 0. The van der Waals surface area contributed by atoms with Crippen LogP contribution in [0.2, 0.25) is 0 Å². The Hall–Kier alpha value is -3.02. The number of benzene rings is 2. The molecule has 0 aromatic heterocycles. The van der Waals surface area contributed by atoms with Gasteiger partial charge in [-0.2, -0.15) is 0 Å². The van der Waals surface area contributed by atoms with Gasteiger partial charge in [-0.3, -0.25) is 19.3 Å². The molecule has 0 radical (unpaired) electrons. The van der Waals surface area contributed by atoms with E-state index < -0.39 is 17.6 Å². The molecule has 0 saturated carbocycles. The van der Waals surface area contributed by atoms with Gasteiger partial charge in [0, 0.05) is 11.7 Å². The number of carbonyl (C=O) groups is 3. The number of amides is 3. The molecular weight excluding hydrogens is 311 g/mol. The first-order chi connectivity index (χ1) is 11.4. The van der Waals surface area contributed by atoms with Gasteiger partial charge in [0.15, 0.2) is 0 Å². The average Bonchev–Trinajstić information content (AvgIpc) is 2.78. The lowest BCUT2D eigenvalue weighted by molar-refractivity contribution is 0.0608. The maximum atomic E-state index is 13.6. The predicted octanol–water partition coefficient (Wildman–Crippen LogP) is 3.08. The number of anilines is 1. The summed E-state index contributed by atoms with van der Waals surface area (Å²) in [5.74, 6) is -2.00. The molecule has 1 N–H and O–H groups in total. The molecule has 0 unspecified atom stereocenters. The molecular formula is C18H15FN2O3. The number of carbonyl (C=O) groups excluding carboxylic acids is 3. The van der Waals surface area contributed by atoms with E-state index in [9.17, 15) is 18.8 Å². The van der Waals surface area contributed by atoms with Crippen LogP contribution in [0.3, 0.4) is 0 Å². The topological polar surface area (TPSA) is 66.5 Å². The SMILES string of the molecule is CC(C)N1C(=O)c2ccc(NC(=O)c3ccccc3F)cc2C1=O. The van der Waals surface area contributed by atoms with Crippen molar-refractivity contribution >= 4 is 23.4 Å². The van der Waals surface area contributed by atoms with Crippen molar-refractivity contribution < 1.29 is 18.8 Å². The molecule has 1 aliphatic heterocycles. The van der Waals surface area contributed by atoms with Crippen LogP contribution in [0.15, 0.2) is 42.5 Å². The molecule has 0 aliphatic carbocycles. The van der Waals surface area contributed by atoms with Crippen molar-refractivity contribution in [2.24, 2.45) is 0 Å².